The summed E-state index contributed by atoms with van der Waals surface area (Å²) in [4.78, 5) is 18.0. The summed E-state index contributed by atoms with van der Waals surface area (Å²) in [5, 5.41) is 6.89. The van der Waals surface area contributed by atoms with E-state index < -0.39 is 0 Å². The molecule has 0 N–H and O–H groups in total. The van der Waals surface area contributed by atoms with Gasteiger partial charge >= 0.3 is 0 Å². The van der Waals surface area contributed by atoms with Gasteiger partial charge in [0.05, 0.1) is 11.0 Å². The van der Waals surface area contributed by atoms with Crippen LogP contribution in [-0.4, -0.2) is 19.5 Å². The van der Waals surface area contributed by atoms with E-state index in [0.717, 1.165) is 71.9 Å². The molecule has 5 heteroatoms. The Balaban J connectivity index is 1.08. The van der Waals surface area contributed by atoms with Crippen molar-refractivity contribution in [2.75, 3.05) is 4.90 Å². The molecule has 0 bridgehead atoms. The van der Waals surface area contributed by atoms with Gasteiger partial charge in [-0.1, -0.05) is 152 Å². The minimum Gasteiger partial charge on any atom is -0.311 e. The van der Waals surface area contributed by atoms with E-state index in [0.29, 0.717) is 17.6 Å². The molecule has 0 atom stereocenters. The SMILES string of the molecule is c1ccc(N(c2ccccc2)c2ccc(-c3ccc4c5ccccc5n(-c5nc(-c6ccc7ccccc7c6)nc(-c6ccc7ccccc7c6)n5)c4c3)cc2)cc1. The van der Waals surface area contributed by atoms with E-state index in [1.807, 2.05) is 0 Å². The fourth-order valence-electron chi connectivity index (χ4n) is 8.15. The average molecular weight is 742 g/mol. The molecule has 2 aromatic heterocycles. The normalized spacial score (nSPS) is 11.4. The lowest BCUT2D eigenvalue weighted by atomic mass is 10.0. The quantitative estimate of drug-likeness (QED) is 0.163. The minimum absolute atomic E-state index is 0.571. The van der Waals surface area contributed by atoms with Gasteiger partial charge in [0, 0.05) is 39.0 Å². The fraction of sp³-hybridized carbons (Fsp3) is 0. The maximum absolute atomic E-state index is 5.27. The van der Waals surface area contributed by atoms with E-state index in [-0.39, 0.29) is 0 Å². The number of benzene rings is 9. The van der Waals surface area contributed by atoms with Crippen molar-refractivity contribution in [2.24, 2.45) is 0 Å². The molecule has 0 fully saturated rings. The Morgan fingerprint density at radius 3 is 1.38 bits per heavy atom. The summed E-state index contributed by atoms with van der Waals surface area (Å²) in [6.07, 6.45) is 0. The van der Waals surface area contributed by atoms with Crippen molar-refractivity contribution < 1.29 is 0 Å². The van der Waals surface area contributed by atoms with Gasteiger partial charge in [-0.3, -0.25) is 4.57 Å². The molecular weight excluding hydrogens is 707 g/mol. The van der Waals surface area contributed by atoms with Crippen LogP contribution in [0.15, 0.2) is 212 Å². The lowest BCUT2D eigenvalue weighted by molar-refractivity contribution is 0.954. The summed E-state index contributed by atoms with van der Waals surface area (Å²) in [5.41, 5.74) is 9.46. The zero-order valence-corrected chi connectivity index (χ0v) is 31.4. The maximum atomic E-state index is 5.27. The zero-order valence-electron chi connectivity index (χ0n) is 31.4. The first kappa shape index (κ1) is 33.4. The van der Waals surface area contributed by atoms with Crippen LogP contribution in [-0.2, 0) is 0 Å². The van der Waals surface area contributed by atoms with Crippen molar-refractivity contribution in [1.82, 2.24) is 19.5 Å². The second-order valence-electron chi connectivity index (χ2n) is 14.5. The van der Waals surface area contributed by atoms with E-state index in [1.165, 1.54) is 10.8 Å². The smallest absolute Gasteiger partial charge is 0.238 e. The molecule has 0 unspecified atom stereocenters. The van der Waals surface area contributed by atoms with Crippen LogP contribution in [0.4, 0.5) is 17.1 Å². The lowest BCUT2D eigenvalue weighted by Gasteiger charge is -2.25. The molecule has 0 aliphatic heterocycles. The summed E-state index contributed by atoms with van der Waals surface area (Å²) in [7, 11) is 0. The summed E-state index contributed by atoms with van der Waals surface area (Å²) >= 11 is 0. The highest BCUT2D eigenvalue weighted by molar-refractivity contribution is 6.10. The van der Waals surface area contributed by atoms with Gasteiger partial charge in [-0.05, 0) is 93.3 Å². The van der Waals surface area contributed by atoms with Crippen LogP contribution in [0.3, 0.4) is 0 Å². The van der Waals surface area contributed by atoms with Crippen LogP contribution in [0.2, 0.25) is 0 Å². The van der Waals surface area contributed by atoms with Crippen molar-refractivity contribution >= 4 is 60.4 Å². The lowest BCUT2D eigenvalue weighted by Crippen LogP contribution is -2.09. The molecule has 0 spiro atoms. The number of hydrogen-bond acceptors (Lipinski definition) is 4. The van der Waals surface area contributed by atoms with Gasteiger partial charge < -0.3 is 4.90 Å². The van der Waals surface area contributed by atoms with Crippen LogP contribution in [0.25, 0.3) is 83.2 Å². The van der Waals surface area contributed by atoms with Crippen LogP contribution < -0.4 is 4.90 Å². The number of hydrogen-bond donors (Lipinski definition) is 0. The van der Waals surface area contributed by atoms with E-state index in [9.17, 15) is 0 Å². The van der Waals surface area contributed by atoms with Crippen molar-refractivity contribution in [3.63, 3.8) is 0 Å². The third kappa shape index (κ3) is 5.94. The highest BCUT2D eigenvalue weighted by atomic mass is 15.2. The summed E-state index contributed by atoms with van der Waals surface area (Å²) in [6.45, 7) is 0. The van der Waals surface area contributed by atoms with Gasteiger partial charge in [-0.25, -0.2) is 4.98 Å². The molecule has 0 amide bonds. The number of nitrogens with zero attached hydrogens (tertiary/aromatic N) is 5. The molecule has 58 heavy (non-hydrogen) atoms. The van der Waals surface area contributed by atoms with E-state index in [2.05, 4.69) is 222 Å². The Morgan fingerprint density at radius 2 is 0.776 bits per heavy atom. The van der Waals surface area contributed by atoms with Crippen molar-refractivity contribution in [3.8, 4) is 39.9 Å². The van der Waals surface area contributed by atoms with Gasteiger partial charge in [0.2, 0.25) is 5.95 Å². The molecule has 0 aliphatic rings. The Bertz CT molecular complexity index is 3140. The van der Waals surface area contributed by atoms with Gasteiger partial charge in [0.1, 0.15) is 0 Å². The number of para-hydroxylation sites is 3. The molecule has 0 radical (unpaired) electrons. The molecule has 2 heterocycles. The van der Waals surface area contributed by atoms with Crippen molar-refractivity contribution in [2.45, 2.75) is 0 Å². The molecule has 0 saturated heterocycles. The largest absolute Gasteiger partial charge is 0.311 e. The van der Waals surface area contributed by atoms with Gasteiger partial charge in [-0.15, -0.1) is 0 Å². The van der Waals surface area contributed by atoms with E-state index >= 15 is 0 Å². The third-order valence-corrected chi connectivity index (χ3v) is 11.0. The van der Waals surface area contributed by atoms with Crippen molar-refractivity contribution in [3.05, 3.63) is 212 Å². The van der Waals surface area contributed by atoms with Crippen LogP contribution >= 0.6 is 0 Å². The van der Waals surface area contributed by atoms with E-state index in [4.69, 9.17) is 15.0 Å². The Hall–Kier alpha value is -7.89. The first-order valence-corrected chi connectivity index (χ1v) is 19.5. The number of aromatic nitrogens is 4. The molecule has 0 saturated carbocycles. The van der Waals surface area contributed by atoms with Gasteiger partial charge in [0.25, 0.3) is 0 Å². The second-order valence-corrected chi connectivity index (χ2v) is 14.5. The monoisotopic (exact) mass is 741 g/mol. The Morgan fingerprint density at radius 1 is 0.310 bits per heavy atom. The van der Waals surface area contributed by atoms with Crippen molar-refractivity contribution in [1.29, 1.82) is 0 Å². The standard InChI is InChI=1S/C53H35N5/c1-3-17-44(18-4-1)57(45-19-5-2-6-20-45)46-30-27-38(28-31-46)41-29-32-48-47-21-11-12-22-49(47)58(50(48)35-41)53-55-51(42-25-23-36-13-7-9-15-39(36)33-42)54-52(56-53)43-26-24-37-14-8-10-16-40(37)34-43/h1-35H. The highest BCUT2D eigenvalue weighted by Gasteiger charge is 2.19. The Kier molecular flexibility index (Phi) is 8.07. The molecule has 0 aliphatic carbocycles. The predicted molar refractivity (Wildman–Crippen MR) is 240 cm³/mol. The second kappa shape index (κ2) is 14.0. The molecule has 9 aromatic carbocycles. The van der Waals surface area contributed by atoms with Crippen LogP contribution in [0, 0.1) is 0 Å². The minimum atomic E-state index is 0.571. The fourth-order valence-corrected chi connectivity index (χ4v) is 8.15. The first-order chi connectivity index (χ1) is 28.7. The molecule has 272 valence electrons. The zero-order chi connectivity index (χ0) is 38.4. The topological polar surface area (TPSA) is 46.8 Å². The highest BCUT2D eigenvalue weighted by Crippen LogP contribution is 2.38. The van der Waals surface area contributed by atoms with Crippen LogP contribution in [0.1, 0.15) is 0 Å². The number of rotatable bonds is 7. The van der Waals surface area contributed by atoms with Crippen LogP contribution in [0.5, 0.6) is 0 Å². The predicted octanol–water partition coefficient (Wildman–Crippen LogP) is 13.7. The first-order valence-electron chi connectivity index (χ1n) is 19.5. The molecule has 11 aromatic rings. The summed E-state index contributed by atoms with van der Waals surface area (Å²) in [6, 6.07) is 74.7. The summed E-state index contributed by atoms with van der Waals surface area (Å²) in [5.74, 6) is 1.82. The molecule has 11 rings (SSSR count). The van der Waals surface area contributed by atoms with E-state index in [1.54, 1.807) is 0 Å². The number of fused-ring (bicyclic) bond motifs is 5. The molecule has 5 nitrogen and oxygen atoms in total. The molecular formula is C53H35N5. The Labute approximate surface area is 335 Å². The maximum Gasteiger partial charge on any atom is 0.238 e. The van der Waals surface area contributed by atoms with Gasteiger partial charge in [0.15, 0.2) is 11.6 Å². The third-order valence-electron chi connectivity index (χ3n) is 11.0. The number of anilines is 3. The summed E-state index contributed by atoms with van der Waals surface area (Å²) < 4.78 is 2.20. The van der Waals surface area contributed by atoms with Gasteiger partial charge in [-0.2, -0.15) is 9.97 Å². The average Bonchev–Trinajstić information content (AvgIpc) is 3.63.